The first-order chi connectivity index (χ1) is 7.54. The average Bonchev–Trinajstić information content (AvgIpc) is 2.45. The molecule has 98 valence electrons. The lowest BCUT2D eigenvalue weighted by atomic mass is 10.1. The van der Waals surface area contributed by atoms with E-state index < -0.39 is 46.3 Å². The minimum absolute atomic E-state index is 0.140. The second-order valence-electron chi connectivity index (χ2n) is 3.28. The van der Waals surface area contributed by atoms with Gasteiger partial charge in [0.05, 0.1) is 12.5 Å². The zero-order valence-electron chi connectivity index (χ0n) is 8.06. The highest BCUT2D eigenvalue weighted by atomic mass is 32.2. The number of carbonyl (C=O) groups excluding carboxylic acids is 1. The number of hydrogen-bond donors (Lipinski definition) is 2. The summed E-state index contributed by atoms with van der Waals surface area (Å²) in [5, 5.41) is 8.67. The zero-order chi connectivity index (χ0) is 13.4. The van der Waals surface area contributed by atoms with Crippen LogP contribution in [0.2, 0.25) is 0 Å². The van der Waals surface area contributed by atoms with Crippen molar-refractivity contribution in [2.75, 3.05) is 6.54 Å². The molecule has 1 heterocycles. The zero-order valence-corrected chi connectivity index (χ0v) is 8.88. The number of nitrogens with zero attached hydrogens (tertiary/aromatic N) is 1. The summed E-state index contributed by atoms with van der Waals surface area (Å²) in [5.41, 5.74) is -5.56. The molecule has 0 aromatic carbocycles. The molecule has 11 heteroatoms. The molecule has 1 aliphatic rings. The van der Waals surface area contributed by atoms with Crippen molar-refractivity contribution in [1.29, 1.82) is 0 Å². The van der Waals surface area contributed by atoms with E-state index in [2.05, 4.69) is 0 Å². The van der Waals surface area contributed by atoms with Crippen LogP contribution in [0, 0.1) is 5.92 Å². The van der Waals surface area contributed by atoms with Gasteiger partial charge in [0.2, 0.25) is 5.91 Å². The molecule has 1 fully saturated rings. The number of alkyl halides is 3. The van der Waals surface area contributed by atoms with Gasteiger partial charge in [0.25, 0.3) is 0 Å². The van der Waals surface area contributed by atoms with Crippen LogP contribution in [0.4, 0.5) is 13.2 Å². The maximum absolute atomic E-state index is 12.0. The molecule has 0 radical (unpaired) electrons. The van der Waals surface area contributed by atoms with Crippen LogP contribution < -0.4 is 4.83 Å². The summed E-state index contributed by atoms with van der Waals surface area (Å²) < 4.78 is 57.2. The fourth-order valence-corrected chi connectivity index (χ4v) is 1.73. The Morgan fingerprint density at radius 1 is 1.47 bits per heavy atom. The van der Waals surface area contributed by atoms with Gasteiger partial charge in [-0.25, -0.2) is 8.42 Å². The van der Waals surface area contributed by atoms with Crippen molar-refractivity contribution >= 4 is 21.9 Å². The first-order valence-corrected chi connectivity index (χ1v) is 5.65. The Hall–Kier alpha value is -1.36. The standard InChI is InChI=1S/C6H7F3N2O5S/c7-6(8,9)17(15,16)10-11-2-3(5(13)14)1-4(11)12/h3,10H,1-2H2,(H,13,14). The van der Waals surface area contributed by atoms with E-state index in [1.54, 1.807) is 0 Å². The lowest BCUT2D eigenvalue weighted by Gasteiger charge is -2.18. The number of carbonyl (C=O) groups is 2. The molecule has 1 atom stereocenters. The largest absolute Gasteiger partial charge is 0.513 e. The molecule has 17 heavy (non-hydrogen) atoms. The Morgan fingerprint density at radius 2 is 2.00 bits per heavy atom. The summed E-state index contributed by atoms with van der Waals surface area (Å²) in [6, 6.07) is 0. The van der Waals surface area contributed by atoms with Crippen molar-refractivity contribution in [3.05, 3.63) is 0 Å². The number of sulfonamides is 1. The topological polar surface area (TPSA) is 104 Å². The maximum atomic E-state index is 12.0. The van der Waals surface area contributed by atoms with E-state index in [1.165, 1.54) is 0 Å². The Bertz CT molecular complexity index is 445. The number of halogens is 3. The minimum Gasteiger partial charge on any atom is -0.481 e. The summed E-state index contributed by atoms with van der Waals surface area (Å²) in [6.45, 7) is -0.635. The Labute approximate surface area is 93.2 Å². The van der Waals surface area contributed by atoms with E-state index in [0.29, 0.717) is 0 Å². The number of hydrogen-bond acceptors (Lipinski definition) is 4. The third-order valence-corrected chi connectivity index (χ3v) is 3.08. The molecule has 7 nitrogen and oxygen atoms in total. The highest BCUT2D eigenvalue weighted by Crippen LogP contribution is 2.24. The van der Waals surface area contributed by atoms with Crippen LogP contribution in [0.3, 0.4) is 0 Å². The molecular formula is C6H7F3N2O5S. The second-order valence-corrected chi connectivity index (χ2v) is 4.94. The van der Waals surface area contributed by atoms with Gasteiger partial charge in [-0.05, 0) is 0 Å². The van der Waals surface area contributed by atoms with E-state index >= 15 is 0 Å². The molecule has 0 saturated carbocycles. The third-order valence-electron chi connectivity index (χ3n) is 2.01. The summed E-state index contributed by atoms with van der Waals surface area (Å²) in [4.78, 5) is 22.5. The van der Waals surface area contributed by atoms with Gasteiger partial charge in [-0.1, -0.05) is 0 Å². The Morgan fingerprint density at radius 3 is 2.35 bits per heavy atom. The smallest absolute Gasteiger partial charge is 0.481 e. The van der Waals surface area contributed by atoms with Crippen molar-refractivity contribution in [2.45, 2.75) is 11.9 Å². The molecule has 0 aromatic rings. The number of nitrogens with one attached hydrogen (secondary N) is 1. The van der Waals surface area contributed by atoms with Crippen molar-refractivity contribution in [2.24, 2.45) is 5.92 Å². The third kappa shape index (κ3) is 2.85. The number of hydrazine groups is 1. The summed E-state index contributed by atoms with van der Waals surface area (Å²) >= 11 is 0. The Kier molecular flexibility index (Phi) is 3.34. The van der Waals surface area contributed by atoms with Gasteiger partial charge in [0.1, 0.15) is 0 Å². The highest BCUT2D eigenvalue weighted by Gasteiger charge is 2.49. The van der Waals surface area contributed by atoms with Gasteiger partial charge in [0, 0.05) is 6.42 Å². The predicted molar refractivity (Wildman–Crippen MR) is 45.6 cm³/mol. The van der Waals surface area contributed by atoms with Gasteiger partial charge in [0.15, 0.2) is 0 Å². The maximum Gasteiger partial charge on any atom is 0.513 e. The van der Waals surface area contributed by atoms with Crippen LogP contribution in [0.5, 0.6) is 0 Å². The van der Waals surface area contributed by atoms with Crippen LogP contribution in [0.25, 0.3) is 0 Å². The lowest BCUT2D eigenvalue weighted by molar-refractivity contribution is -0.141. The monoisotopic (exact) mass is 276 g/mol. The average molecular weight is 276 g/mol. The molecule has 0 bridgehead atoms. The SMILES string of the molecule is O=C(O)C1CC(=O)N(NS(=O)(=O)C(F)(F)F)C1. The van der Waals surface area contributed by atoms with Crippen molar-refractivity contribution in [3.63, 3.8) is 0 Å². The molecule has 1 rings (SSSR count). The first kappa shape index (κ1) is 13.7. The fourth-order valence-electron chi connectivity index (χ4n) is 1.16. The highest BCUT2D eigenvalue weighted by molar-refractivity contribution is 7.90. The van der Waals surface area contributed by atoms with Crippen LogP contribution in [-0.2, 0) is 19.6 Å². The lowest BCUT2D eigenvalue weighted by Crippen LogP contribution is -2.48. The predicted octanol–water partition coefficient (Wildman–Crippen LogP) is -0.726. The minimum atomic E-state index is -5.70. The van der Waals surface area contributed by atoms with E-state index in [1.807, 2.05) is 0 Å². The number of rotatable bonds is 3. The second kappa shape index (κ2) is 4.14. The molecule has 1 aliphatic heterocycles. The van der Waals surface area contributed by atoms with Gasteiger partial charge in [-0.3, -0.25) is 14.6 Å². The molecule has 1 saturated heterocycles. The fraction of sp³-hybridized carbons (Fsp3) is 0.667. The number of aliphatic carboxylic acids is 1. The summed E-state index contributed by atoms with van der Waals surface area (Å²) in [5.74, 6) is -3.63. The molecule has 0 aliphatic carbocycles. The normalized spacial score (nSPS) is 21.9. The summed E-state index contributed by atoms with van der Waals surface area (Å²) in [7, 11) is -5.70. The van der Waals surface area contributed by atoms with Gasteiger partial charge >= 0.3 is 21.5 Å². The van der Waals surface area contributed by atoms with Crippen LogP contribution >= 0.6 is 0 Å². The Balaban J connectivity index is 2.79. The molecule has 1 unspecified atom stereocenters. The van der Waals surface area contributed by atoms with E-state index in [0.717, 1.165) is 4.83 Å². The quantitative estimate of drug-likeness (QED) is 0.707. The van der Waals surface area contributed by atoms with Crippen LogP contribution in [0.1, 0.15) is 6.42 Å². The molecular weight excluding hydrogens is 269 g/mol. The molecule has 1 amide bonds. The van der Waals surface area contributed by atoms with Gasteiger partial charge < -0.3 is 5.11 Å². The number of carboxylic acids is 1. The van der Waals surface area contributed by atoms with Crippen molar-refractivity contribution in [1.82, 2.24) is 9.84 Å². The van der Waals surface area contributed by atoms with E-state index in [4.69, 9.17) is 5.11 Å². The summed E-state index contributed by atoms with van der Waals surface area (Å²) in [6.07, 6.45) is -0.546. The van der Waals surface area contributed by atoms with E-state index in [-0.39, 0.29) is 5.01 Å². The van der Waals surface area contributed by atoms with Gasteiger partial charge in [-0.2, -0.15) is 13.2 Å². The first-order valence-electron chi connectivity index (χ1n) is 4.16. The molecule has 2 N–H and O–H groups in total. The van der Waals surface area contributed by atoms with E-state index in [9.17, 15) is 31.2 Å². The van der Waals surface area contributed by atoms with Gasteiger partial charge in [-0.15, -0.1) is 4.83 Å². The molecule has 0 aromatic heterocycles. The van der Waals surface area contributed by atoms with Crippen molar-refractivity contribution in [3.8, 4) is 0 Å². The number of carboxylic acid groups (broad SMARTS) is 1. The van der Waals surface area contributed by atoms with Crippen LogP contribution in [-0.4, -0.2) is 42.5 Å². The van der Waals surface area contributed by atoms with Crippen LogP contribution in [0.15, 0.2) is 0 Å². The number of amides is 1. The van der Waals surface area contributed by atoms with Crippen molar-refractivity contribution < 1.29 is 36.3 Å². The molecule has 0 spiro atoms.